The molecule has 38 heavy (non-hydrogen) atoms. The number of rotatable bonds is 7. The second kappa shape index (κ2) is 9.66. The smallest absolute Gasteiger partial charge is 0.259 e. The molecule has 0 saturated heterocycles. The first-order valence-electron chi connectivity index (χ1n) is 12.6. The van der Waals surface area contributed by atoms with Gasteiger partial charge in [0.05, 0.1) is 29.3 Å². The van der Waals surface area contributed by atoms with Crippen molar-refractivity contribution in [3.05, 3.63) is 108 Å². The summed E-state index contributed by atoms with van der Waals surface area (Å²) in [6.45, 7) is 3.87. The number of hydrogen-bond acceptors (Lipinski definition) is 5. The zero-order valence-electron chi connectivity index (χ0n) is 21.0. The van der Waals surface area contributed by atoms with E-state index in [9.17, 15) is 9.18 Å². The Morgan fingerprint density at radius 1 is 1.08 bits per heavy atom. The molecule has 1 atom stereocenters. The number of anilines is 1. The summed E-state index contributed by atoms with van der Waals surface area (Å²) < 4.78 is 18.7. The molecule has 0 bridgehead atoms. The van der Waals surface area contributed by atoms with Gasteiger partial charge in [-0.2, -0.15) is 0 Å². The third kappa shape index (κ3) is 4.58. The minimum Gasteiger partial charge on any atom is -0.306 e. The van der Waals surface area contributed by atoms with Crippen LogP contribution in [-0.2, 0) is 0 Å². The number of nitrogens with zero attached hydrogens (tertiary/aromatic N) is 6. The topological polar surface area (TPSA) is 90.5 Å². The van der Waals surface area contributed by atoms with Crippen molar-refractivity contribution in [2.75, 3.05) is 5.32 Å². The Hall–Kier alpha value is -4.66. The lowest BCUT2D eigenvalue weighted by molar-refractivity contribution is 0.102. The zero-order valence-corrected chi connectivity index (χ0v) is 21.0. The summed E-state index contributed by atoms with van der Waals surface area (Å²) >= 11 is 0. The van der Waals surface area contributed by atoms with Gasteiger partial charge in [-0.15, -0.1) is 10.2 Å². The average Bonchev–Trinajstić information content (AvgIpc) is 3.45. The molecule has 190 valence electrons. The van der Waals surface area contributed by atoms with Gasteiger partial charge >= 0.3 is 0 Å². The molecule has 2 aromatic carbocycles. The second-order valence-corrected chi connectivity index (χ2v) is 9.61. The van der Waals surface area contributed by atoms with Crippen molar-refractivity contribution in [1.29, 1.82) is 0 Å². The predicted octanol–water partition coefficient (Wildman–Crippen LogP) is 5.71. The molecule has 1 saturated carbocycles. The van der Waals surface area contributed by atoms with Crippen molar-refractivity contribution in [2.24, 2.45) is 0 Å². The Balaban J connectivity index is 1.26. The average molecular weight is 508 g/mol. The first kappa shape index (κ1) is 23.7. The number of aryl methyl sites for hydroxylation is 1. The van der Waals surface area contributed by atoms with Crippen molar-refractivity contribution >= 4 is 11.7 Å². The van der Waals surface area contributed by atoms with Gasteiger partial charge in [0, 0.05) is 12.1 Å². The number of carbonyl (C=O) groups excluding carboxylic acids is 1. The maximum Gasteiger partial charge on any atom is 0.259 e. The molecular weight excluding hydrogens is 481 g/mol. The van der Waals surface area contributed by atoms with E-state index in [1.165, 1.54) is 6.07 Å². The molecular formula is C29H26FN7O. The van der Waals surface area contributed by atoms with E-state index in [1.54, 1.807) is 36.9 Å². The highest BCUT2D eigenvalue weighted by Crippen LogP contribution is 2.39. The van der Waals surface area contributed by atoms with Crippen LogP contribution in [0.25, 0.3) is 17.2 Å². The van der Waals surface area contributed by atoms with Gasteiger partial charge in [-0.05, 0) is 62.1 Å². The fraction of sp³-hybridized carbons (Fsp3) is 0.207. The van der Waals surface area contributed by atoms with Crippen LogP contribution in [0.2, 0.25) is 0 Å². The Labute approximate surface area is 219 Å². The Bertz CT molecular complexity index is 1620. The molecule has 0 aliphatic heterocycles. The number of halogens is 1. The molecule has 9 heteroatoms. The van der Waals surface area contributed by atoms with Gasteiger partial charge in [-0.1, -0.05) is 36.4 Å². The fourth-order valence-corrected chi connectivity index (χ4v) is 4.59. The van der Waals surface area contributed by atoms with Crippen LogP contribution in [0.4, 0.5) is 10.2 Å². The predicted molar refractivity (Wildman–Crippen MR) is 142 cm³/mol. The van der Waals surface area contributed by atoms with Gasteiger partial charge in [0.1, 0.15) is 23.7 Å². The van der Waals surface area contributed by atoms with Crippen molar-refractivity contribution in [1.82, 2.24) is 29.3 Å². The summed E-state index contributed by atoms with van der Waals surface area (Å²) in [5.74, 6) is 0.163. The standard InChI is InChI=1S/C29H26FN7O/c1-18-13-23(30)22(14-26(18)36-15-25(31-16-36)21-11-12-21)29(38)34-27-10-6-9-24(33-27)28-35-32-17-37(28)19(2)20-7-4-3-5-8-20/h3-10,13-17,19,21H,11-12H2,1-2H3,(H,33,34,38). The summed E-state index contributed by atoms with van der Waals surface area (Å²) in [6, 6.07) is 18.2. The van der Waals surface area contributed by atoms with Gasteiger partial charge < -0.3 is 14.5 Å². The minimum absolute atomic E-state index is 0.0232. The molecule has 6 rings (SSSR count). The van der Waals surface area contributed by atoms with E-state index in [4.69, 9.17) is 0 Å². The maximum atomic E-state index is 14.9. The lowest BCUT2D eigenvalue weighted by Crippen LogP contribution is -2.16. The lowest BCUT2D eigenvalue weighted by Gasteiger charge is -2.16. The van der Waals surface area contributed by atoms with E-state index in [2.05, 4.69) is 32.4 Å². The number of carbonyl (C=O) groups is 1. The molecule has 5 aromatic rings. The highest BCUT2D eigenvalue weighted by Gasteiger charge is 2.26. The van der Waals surface area contributed by atoms with Gasteiger partial charge in [0.15, 0.2) is 5.82 Å². The number of pyridine rings is 1. The van der Waals surface area contributed by atoms with Gasteiger partial charge in [0.2, 0.25) is 0 Å². The van der Waals surface area contributed by atoms with Crippen LogP contribution in [-0.4, -0.2) is 35.2 Å². The first-order valence-corrected chi connectivity index (χ1v) is 12.6. The van der Waals surface area contributed by atoms with Crippen molar-refractivity contribution < 1.29 is 9.18 Å². The third-order valence-corrected chi connectivity index (χ3v) is 6.90. The number of imidazole rings is 1. The minimum atomic E-state index is -0.598. The molecule has 8 nitrogen and oxygen atoms in total. The number of hydrogen-bond donors (Lipinski definition) is 1. The van der Waals surface area contributed by atoms with E-state index in [1.807, 2.05) is 52.6 Å². The van der Waals surface area contributed by atoms with Crippen molar-refractivity contribution in [3.63, 3.8) is 0 Å². The van der Waals surface area contributed by atoms with Crippen LogP contribution in [0, 0.1) is 12.7 Å². The van der Waals surface area contributed by atoms with E-state index in [-0.39, 0.29) is 17.4 Å². The molecule has 3 aromatic heterocycles. The molecule has 1 amide bonds. The van der Waals surface area contributed by atoms with Gasteiger partial charge in [-0.25, -0.2) is 14.4 Å². The SMILES string of the molecule is Cc1cc(F)c(C(=O)Nc2cccc(-c3nncn3C(C)c3ccccc3)n2)cc1-n1cnc(C2CC2)c1. The normalized spacial score (nSPS) is 13.9. The van der Waals surface area contributed by atoms with E-state index in [0.717, 1.165) is 24.1 Å². The lowest BCUT2D eigenvalue weighted by atomic mass is 10.1. The summed E-state index contributed by atoms with van der Waals surface area (Å²) in [5.41, 5.74) is 4.02. The molecule has 1 aliphatic rings. The first-order chi connectivity index (χ1) is 18.5. The molecule has 1 N–H and O–H groups in total. The highest BCUT2D eigenvalue weighted by atomic mass is 19.1. The number of amides is 1. The number of aromatic nitrogens is 6. The summed E-state index contributed by atoms with van der Waals surface area (Å²) in [5, 5.41) is 11.1. The monoisotopic (exact) mass is 507 g/mol. The Morgan fingerprint density at radius 3 is 2.68 bits per heavy atom. The van der Waals surface area contributed by atoms with E-state index < -0.39 is 11.7 Å². The second-order valence-electron chi connectivity index (χ2n) is 9.61. The molecule has 1 fully saturated rings. The van der Waals surface area contributed by atoms with Crippen LogP contribution < -0.4 is 5.32 Å². The number of nitrogens with one attached hydrogen (secondary N) is 1. The summed E-state index contributed by atoms with van der Waals surface area (Å²) in [4.78, 5) is 22.2. The zero-order chi connectivity index (χ0) is 26.2. The molecule has 0 spiro atoms. The Kier molecular flexibility index (Phi) is 6.03. The van der Waals surface area contributed by atoms with Crippen LogP contribution in [0.15, 0.2) is 79.5 Å². The quantitative estimate of drug-likeness (QED) is 0.305. The number of benzene rings is 2. The Morgan fingerprint density at radius 2 is 1.89 bits per heavy atom. The summed E-state index contributed by atoms with van der Waals surface area (Å²) in [6.07, 6.45) is 7.61. The van der Waals surface area contributed by atoms with E-state index >= 15 is 0 Å². The van der Waals surface area contributed by atoms with Gasteiger partial charge in [-0.3, -0.25) is 4.79 Å². The van der Waals surface area contributed by atoms with Crippen molar-refractivity contribution in [2.45, 2.75) is 38.6 Å². The van der Waals surface area contributed by atoms with E-state index in [0.29, 0.717) is 28.7 Å². The van der Waals surface area contributed by atoms with Crippen LogP contribution in [0.1, 0.15) is 58.9 Å². The summed E-state index contributed by atoms with van der Waals surface area (Å²) in [7, 11) is 0. The molecule has 0 radical (unpaired) electrons. The fourth-order valence-electron chi connectivity index (χ4n) is 4.59. The maximum absolute atomic E-state index is 14.9. The van der Waals surface area contributed by atoms with Crippen LogP contribution in [0.5, 0.6) is 0 Å². The van der Waals surface area contributed by atoms with Gasteiger partial charge in [0.25, 0.3) is 5.91 Å². The molecule has 1 aliphatic carbocycles. The largest absolute Gasteiger partial charge is 0.306 e. The third-order valence-electron chi connectivity index (χ3n) is 6.90. The van der Waals surface area contributed by atoms with Crippen molar-refractivity contribution in [3.8, 4) is 17.2 Å². The highest BCUT2D eigenvalue weighted by molar-refractivity contribution is 6.04. The molecule has 3 heterocycles. The van der Waals surface area contributed by atoms with Crippen LogP contribution in [0.3, 0.4) is 0 Å². The molecule has 1 unspecified atom stereocenters. The van der Waals surface area contributed by atoms with Crippen LogP contribution >= 0.6 is 0 Å².